The number of benzene rings is 1. The average Bonchev–Trinajstić information content (AvgIpc) is 3.09. The van der Waals surface area contributed by atoms with Gasteiger partial charge >= 0.3 is 0 Å². The van der Waals surface area contributed by atoms with Gasteiger partial charge in [0.05, 0.1) is 11.6 Å². The number of methoxy groups -OCH3 is 1. The van der Waals surface area contributed by atoms with Gasteiger partial charge < -0.3 is 10.1 Å². The monoisotopic (exact) mass is 373 g/mol. The molecule has 0 radical (unpaired) electrons. The second-order valence-electron chi connectivity index (χ2n) is 4.66. The Bertz CT molecular complexity index is 467. The fourth-order valence-corrected chi connectivity index (χ4v) is 3.23. The molecule has 2 rings (SSSR count). The lowest BCUT2D eigenvalue weighted by Gasteiger charge is -2.10. The summed E-state index contributed by atoms with van der Waals surface area (Å²) in [5.41, 5.74) is 2.40. The summed E-state index contributed by atoms with van der Waals surface area (Å²) in [5, 5.41) is 3.51. The predicted octanol–water partition coefficient (Wildman–Crippen LogP) is 4.38. The summed E-state index contributed by atoms with van der Waals surface area (Å²) >= 11 is 7.03. The van der Waals surface area contributed by atoms with Crippen molar-refractivity contribution in [3.63, 3.8) is 0 Å². The lowest BCUT2D eigenvalue weighted by atomic mass is 10.1. The Labute approximate surface area is 125 Å². The van der Waals surface area contributed by atoms with Crippen LogP contribution in [0.25, 0.3) is 6.08 Å². The van der Waals surface area contributed by atoms with Gasteiger partial charge in [0.15, 0.2) is 0 Å². The number of hydrogen-bond acceptors (Lipinski definition) is 2. The van der Waals surface area contributed by atoms with Gasteiger partial charge in [-0.25, -0.2) is 0 Å². The molecule has 1 fully saturated rings. The molecular weight excluding hydrogens is 358 g/mol. The fourth-order valence-electron chi connectivity index (χ4n) is 1.81. The standard InChI is InChI=1S/C14H17Br2NO/c1-9(8-17-12-3-4-12)5-10-6-11(15)7-13(16)14(10)18-2/h5-7,12,17H,3-4,8H2,1-2H3. The molecule has 0 bridgehead atoms. The Morgan fingerprint density at radius 2 is 2.17 bits per heavy atom. The minimum absolute atomic E-state index is 0.740. The molecule has 2 nitrogen and oxygen atoms in total. The van der Waals surface area contributed by atoms with E-state index in [0.29, 0.717) is 0 Å². The van der Waals surface area contributed by atoms with Gasteiger partial charge in [0.2, 0.25) is 0 Å². The smallest absolute Gasteiger partial charge is 0.140 e. The maximum atomic E-state index is 5.44. The summed E-state index contributed by atoms with van der Waals surface area (Å²) in [6.07, 6.45) is 4.81. The van der Waals surface area contributed by atoms with Crippen molar-refractivity contribution in [3.8, 4) is 5.75 Å². The Kier molecular flexibility index (Phi) is 4.87. The molecule has 1 aliphatic carbocycles. The molecule has 0 atom stereocenters. The van der Waals surface area contributed by atoms with E-state index in [4.69, 9.17) is 4.74 Å². The maximum absolute atomic E-state index is 5.44. The summed E-state index contributed by atoms with van der Waals surface area (Å²) < 4.78 is 7.45. The van der Waals surface area contributed by atoms with Crippen LogP contribution in [0.2, 0.25) is 0 Å². The fraction of sp³-hybridized carbons (Fsp3) is 0.429. The highest BCUT2D eigenvalue weighted by atomic mass is 79.9. The van der Waals surface area contributed by atoms with Gasteiger partial charge in [0.1, 0.15) is 5.75 Å². The molecule has 0 spiro atoms. The van der Waals surface area contributed by atoms with E-state index in [1.165, 1.54) is 18.4 Å². The molecule has 0 unspecified atom stereocenters. The highest BCUT2D eigenvalue weighted by Crippen LogP contribution is 2.34. The van der Waals surface area contributed by atoms with E-state index < -0.39 is 0 Å². The minimum atomic E-state index is 0.740. The third kappa shape index (κ3) is 3.84. The number of nitrogens with one attached hydrogen (secondary N) is 1. The molecule has 0 heterocycles. The van der Waals surface area contributed by atoms with Crippen LogP contribution < -0.4 is 10.1 Å². The van der Waals surface area contributed by atoms with Crippen LogP contribution in [-0.4, -0.2) is 19.7 Å². The largest absolute Gasteiger partial charge is 0.495 e. The van der Waals surface area contributed by atoms with Crippen molar-refractivity contribution < 1.29 is 4.74 Å². The molecule has 1 aromatic carbocycles. The Morgan fingerprint density at radius 3 is 2.78 bits per heavy atom. The third-order valence-electron chi connectivity index (χ3n) is 2.89. The zero-order valence-electron chi connectivity index (χ0n) is 10.6. The first kappa shape index (κ1) is 14.1. The topological polar surface area (TPSA) is 21.3 Å². The Hall–Kier alpha value is -0.320. The second kappa shape index (κ2) is 6.22. The highest BCUT2D eigenvalue weighted by Gasteiger charge is 2.19. The lowest BCUT2D eigenvalue weighted by Crippen LogP contribution is -2.18. The van der Waals surface area contributed by atoms with Crippen LogP contribution in [0, 0.1) is 0 Å². The molecule has 1 saturated carbocycles. The predicted molar refractivity (Wildman–Crippen MR) is 83.1 cm³/mol. The molecule has 0 amide bonds. The molecular formula is C14H17Br2NO. The SMILES string of the molecule is COc1c(Br)cc(Br)cc1C=C(C)CNC1CC1. The molecule has 1 aliphatic rings. The van der Waals surface area contributed by atoms with Crippen LogP contribution >= 0.6 is 31.9 Å². The summed E-state index contributed by atoms with van der Waals surface area (Å²) in [5.74, 6) is 0.879. The average molecular weight is 375 g/mol. The first-order chi connectivity index (χ1) is 8.60. The number of rotatable bonds is 5. The van der Waals surface area contributed by atoms with Crippen LogP contribution in [0.4, 0.5) is 0 Å². The van der Waals surface area contributed by atoms with Crippen molar-refractivity contribution >= 4 is 37.9 Å². The van der Waals surface area contributed by atoms with Gasteiger partial charge in [-0.15, -0.1) is 0 Å². The van der Waals surface area contributed by atoms with Crippen molar-refractivity contribution in [2.24, 2.45) is 0 Å². The molecule has 0 aromatic heterocycles. The van der Waals surface area contributed by atoms with E-state index >= 15 is 0 Å². The van der Waals surface area contributed by atoms with E-state index in [0.717, 1.165) is 32.8 Å². The van der Waals surface area contributed by atoms with Gasteiger partial charge in [0, 0.05) is 22.6 Å². The third-order valence-corrected chi connectivity index (χ3v) is 3.94. The summed E-state index contributed by atoms with van der Waals surface area (Å²) in [4.78, 5) is 0. The van der Waals surface area contributed by atoms with Gasteiger partial charge in [-0.05, 0) is 47.8 Å². The van der Waals surface area contributed by atoms with Crippen LogP contribution in [0.5, 0.6) is 5.75 Å². The summed E-state index contributed by atoms with van der Waals surface area (Å²) in [7, 11) is 1.70. The first-order valence-corrected chi connectivity index (χ1v) is 7.62. The zero-order valence-corrected chi connectivity index (χ0v) is 13.8. The van der Waals surface area contributed by atoms with Crippen molar-refractivity contribution in [1.82, 2.24) is 5.32 Å². The summed E-state index contributed by atoms with van der Waals surface area (Å²) in [6.45, 7) is 3.08. The van der Waals surface area contributed by atoms with Crippen molar-refractivity contribution in [2.75, 3.05) is 13.7 Å². The first-order valence-electron chi connectivity index (χ1n) is 6.03. The van der Waals surface area contributed by atoms with Gasteiger partial charge in [-0.3, -0.25) is 0 Å². The van der Waals surface area contributed by atoms with Crippen molar-refractivity contribution in [2.45, 2.75) is 25.8 Å². The molecule has 4 heteroatoms. The quantitative estimate of drug-likeness (QED) is 0.825. The normalized spacial score (nSPS) is 15.9. The van der Waals surface area contributed by atoms with Gasteiger partial charge in [-0.2, -0.15) is 0 Å². The van der Waals surface area contributed by atoms with Crippen LogP contribution in [0.3, 0.4) is 0 Å². The minimum Gasteiger partial charge on any atom is -0.495 e. The van der Waals surface area contributed by atoms with E-state index in [1.807, 2.05) is 6.07 Å². The van der Waals surface area contributed by atoms with Crippen LogP contribution in [0.1, 0.15) is 25.3 Å². The van der Waals surface area contributed by atoms with Crippen LogP contribution in [-0.2, 0) is 0 Å². The zero-order chi connectivity index (χ0) is 13.1. The van der Waals surface area contributed by atoms with Gasteiger partial charge in [0.25, 0.3) is 0 Å². The second-order valence-corrected chi connectivity index (χ2v) is 6.43. The Balaban J connectivity index is 2.17. The summed E-state index contributed by atoms with van der Waals surface area (Å²) in [6, 6.07) is 4.81. The number of ether oxygens (including phenoxy) is 1. The van der Waals surface area contributed by atoms with E-state index in [1.54, 1.807) is 7.11 Å². The van der Waals surface area contributed by atoms with Crippen molar-refractivity contribution in [3.05, 3.63) is 32.2 Å². The number of hydrogen-bond donors (Lipinski definition) is 1. The van der Waals surface area contributed by atoms with Crippen LogP contribution in [0.15, 0.2) is 26.7 Å². The molecule has 0 saturated heterocycles. The molecule has 98 valence electrons. The lowest BCUT2D eigenvalue weighted by molar-refractivity contribution is 0.411. The molecule has 18 heavy (non-hydrogen) atoms. The van der Waals surface area contributed by atoms with E-state index in [2.05, 4.69) is 56.2 Å². The molecule has 1 aromatic rings. The highest BCUT2D eigenvalue weighted by molar-refractivity contribution is 9.11. The van der Waals surface area contributed by atoms with E-state index in [9.17, 15) is 0 Å². The maximum Gasteiger partial charge on any atom is 0.140 e. The van der Waals surface area contributed by atoms with E-state index in [-0.39, 0.29) is 0 Å². The number of halogens is 2. The van der Waals surface area contributed by atoms with Crippen molar-refractivity contribution in [1.29, 1.82) is 0 Å². The Morgan fingerprint density at radius 1 is 1.44 bits per heavy atom. The van der Waals surface area contributed by atoms with Gasteiger partial charge in [-0.1, -0.05) is 27.6 Å². The molecule has 1 N–H and O–H groups in total. The molecule has 0 aliphatic heterocycles.